The van der Waals surface area contributed by atoms with E-state index in [1.807, 2.05) is 13.8 Å². The summed E-state index contributed by atoms with van der Waals surface area (Å²) in [6.07, 6.45) is 5.01. The van der Waals surface area contributed by atoms with E-state index in [1.165, 1.54) is 19.3 Å². The average Bonchev–Trinajstić information content (AvgIpc) is 2.53. The lowest BCUT2D eigenvalue weighted by Gasteiger charge is -2.32. The molecular formula is C13H22N2O2. The summed E-state index contributed by atoms with van der Waals surface area (Å²) < 4.78 is 0. The lowest BCUT2D eigenvalue weighted by Crippen LogP contribution is -2.50. The van der Waals surface area contributed by atoms with Crippen LogP contribution in [0.15, 0.2) is 0 Å². The van der Waals surface area contributed by atoms with Crippen LogP contribution in [0.2, 0.25) is 0 Å². The van der Waals surface area contributed by atoms with E-state index in [0.717, 1.165) is 6.42 Å². The Bertz CT molecular complexity index is 325. The molecule has 0 aromatic heterocycles. The van der Waals surface area contributed by atoms with Crippen molar-refractivity contribution in [2.75, 3.05) is 6.54 Å². The van der Waals surface area contributed by atoms with Crippen molar-refractivity contribution in [1.29, 1.82) is 0 Å². The molecule has 2 fully saturated rings. The maximum absolute atomic E-state index is 11.9. The molecular weight excluding hydrogens is 216 g/mol. The Hall–Kier alpha value is -1.06. The summed E-state index contributed by atoms with van der Waals surface area (Å²) in [6, 6.07) is 0. The Balaban J connectivity index is 1.77. The minimum absolute atomic E-state index is 0.0915. The molecule has 0 aromatic carbocycles. The molecule has 0 aromatic rings. The fourth-order valence-corrected chi connectivity index (χ4v) is 2.58. The molecule has 1 heterocycles. The predicted molar refractivity (Wildman–Crippen MR) is 65.3 cm³/mol. The molecule has 1 aliphatic carbocycles. The van der Waals surface area contributed by atoms with Gasteiger partial charge in [0.25, 0.3) is 0 Å². The summed E-state index contributed by atoms with van der Waals surface area (Å²) >= 11 is 0. The van der Waals surface area contributed by atoms with E-state index in [2.05, 4.69) is 10.6 Å². The molecule has 0 bridgehead atoms. The predicted octanol–water partition coefficient (Wildman–Crippen LogP) is 1.21. The average molecular weight is 238 g/mol. The van der Waals surface area contributed by atoms with Crippen LogP contribution >= 0.6 is 0 Å². The molecule has 96 valence electrons. The first-order valence-electron chi connectivity index (χ1n) is 6.59. The fraction of sp³-hybridized carbons (Fsp3) is 0.846. The molecule has 4 nitrogen and oxygen atoms in total. The van der Waals surface area contributed by atoms with Crippen molar-refractivity contribution in [2.45, 2.75) is 51.5 Å². The lowest BCUT2D eigenvalue weighted by molar-refractivity contribution is -0.127. The Kier molecular flexibility index (Phi) is 3.40. The first-order chi connectivity index (χ1) is 8.00. The van der Waals surface area contributed by atoms with E-state index in [1.54, 1.807) is 0 Å². The zero-order valence-corrected chi connectivity index (χ0v) is 10.7. The summed E-state index contributed by atoms with van der Waals surface area (Å²) in [4.78, 5) is 23.1. The zero-order chi connectivity index (χ0) is 12.5. The number of carbonyl (C=O) groups excluding carboxylic acids is 2. The van der Waals surface area contributed by atoms with E-state index in [4.69, 9.17) is 0 Å². The SMILES string of the molecule is CC(C(=O)NCC1(C)CCC(=O)N1)C1CCC1. The highest BCUT2D eigenvalue weighted by atomic mass is 16.2. The van der Waals surface area contributed by atoms with Crippen molar-refractivity contribution in [2.24, 2.45) is 11.8 Å². The van der Waals surface area contributed by atoms with Gasteiger partial charge < -0.3 is 10.6 Å². The van der Waals surface area contributed by atoms with Crippen LogP contribution in [0.1, 0.15) is 46.0 Å². The van der Waals surface area contributed by atoms with Crippen LogP contribution in [-0.4, -0.2) is 23.9 Å². The van der Waals surface area contributed by atoms with Crippen LogP contribution in [0, 0.1) is 11.8 Å². The van der Waals surface area contributed by atoms with Gasteiger partial charge in [0.2, 0.25) is 11.8 Å². The summed E-state index contributed by atoms with van der Waals surface area (Å²) in [6.45, 7) is 4.55. The lowest BCUT2D eigenvalue weighted by atomic mass is 9.76. The Morgan fingerprint density at radius 1 is 1.59 bits per heavy atom. The number of carbonyl (C=O) groups is 2. The third-order valence-corrected chi connectivity index (χ3v) is 4.27. The van der Waals surface area contributed by atoms with Gasteiger partial charge in [-0.3, -0.25) is 9.59 Å². The van der Waals surface area contributed by atoms with Crippen LogP contribution in [-0.2, 0) is 9.59 Å². The first-order valence-corrected chi connectivity index (χ1v) is 6.59. The Morgan fingerprint density at radius 3 is 2.76 bits per heavy atom. The largest absolute Gasteiger partial charge is 0.354 e. The Morgan fingerprint density at radius 2 is 2.29 bits per heavy atom. The van der Waals surface area contributed by atoms with Gasteiger partial charge in [0.15, 0.2) is 0 Å². The highest BCUT2D eigenvalue weighted by Crippen LogP contribution is 2.33. The van der Waals surface area contributed by atoms with Crippen LogP contribution in [0.25, 0.3) is 0 Å². The van der Waals surface area contributed by atoms with Crippen molar-refractivity contribution in [3.8, 4) is 0 Å². The molecule has 2 amide bonds. The summed E-state index contributed by atoms with van der Waals surface area (Å²) in [7, 11) is 0. The number of rotatable bonds is 4. The first kappa shape index (κ1) is 12.4. The highest BCUT2D eigenvalue weighted by Gasteiger charge is 2.34. The van der Waals surface area contributed by atoms with Gasteiger partial charge in [-0.2, -0.15) is 0 Å². The monoisotopic (exact) mass is 238 g/mol. The Labute approximate surface area is 103 Å². The van der Waals surface area contributed by atoms with Gasteiger partial charge >= 0.3 is 0 Å². The number of nitrogens with one attached hydrogen (secondary N) is 2. The summed E-state index contributed by atoms with van der Waals surface area (Å²) in [5, 5.41) is 5.91. The van der Waals surface area contributed by atoms with Gasteiger partial charge in [-0.15, -0.1) is 0 Å². The smallest absolute Gasteiger partial charge is 0.223 e. The van der Waals surface area contributed by atoms with Gasteiger partial charge in [-0.1, -0.05) is 13.3 Å². The topological polar surface area (TPSA) is 58.2 Å². The number of hydrogen-bond acceptors (Lipinski definition) is 2. The standard InChI is InChI=1S/C13H22N2O2/c1-9(10-4-3-5-10)12(17)14-8-13(2)7-6-11(16)15-13/h9-10H,3-8H2,1-2H3,(H,14,17)(H,15,16). The van der Waals surface area contributed by atoms with Crippen molar-refractivity contribution < 1.29 is 9.59 Å². The molecule has 2 rings (SSSR count). The third kappa shape index (κ3) is 2.79. The fourth-order valence-electron chi connectivity index (χ4n) is 2.58. The number of hydrogen-bond donors (Lipinski definition) is 2. The normalized spacial score (nSPS) is 30.6. The van der Waals surface area contributed by atoms with E-state index in [-0.39, 0.29) is 23.3 Å². The highest BCUT2D eigenvalue weighted by molar-refractivity contribution is 5.81. The second kappa shape index (κ2) is 4.67. The minimum Gasteiger partial charge on any atom is -0.354 e. The molecule has 1 saturated heterocycles. The van der Waals surface area contributed by atoms with Crippen LogP contribution in [0.3, 0.4) is 0 Å². The van der Waals surface area contributed by atoms with Crippen molar-refractivity contribution in [3.05, 3.63) is 0 Å². The van der Waals surface area contributed by atoms with Crippen LogP contribution in [0.5, 0.6) is 0 Å². The summed E-state index contributed by atoms with van der Waals surface area (Å²) in [5.74, 6) is 0.913. The molecule has 1 aliphatic heterocycles. The third-order valence-electron chi connectivity index (χ3n) is 4.27. The molecule has 2 atom stereocenters. The van der Waals surface area contributed by atoms with Crippen LogP contribution < -0.4 is 10.6 Å². The quantitative estimate of drug-likeness (QED) is 0.773. The summed E-state index contributed by atoms with van der Waals surface area (Å²) in [5.41, 5.74) is -0.244. The van der Waals surface area contributed by atoms with Gasteiger partial charge in [-0.05, 0) is 32.1 Å². The molecule has 4 heteroatoms. The van der Waals surface area contributed by atoms with Gasteiger partial charge in [0, 0.05) is 18.9 Å². The van der Waals surface area contributed by atoms with Crippen LogP contribution in [0.4, 0.5) is 0 Å². The van der Waals surface area contributed by atoms with E-state index in [9.17, 15) is 9.59 Å². The van der Waals surface area contributed by atoms with Gasteiger partial charge in [0.05, 0.1) is 5.54 Å². The van der Waals surface area contributed by atoms with Crippen molar-refractivity contribution in [3.63, 3.8) is 0 Å². The molecule has 2 aliphatic rings. The molecule has 2 N–H and O–H groups in total. The molecule has 1 saturated carbocycles. The number of amides is 2. The minimum atomic E-state index is -0.244. The second-order valence-corrected chi connectivity index (χ2v) is 5.81. The molecule has 2 unspecified atom stereocenters. The van der Waals surface area contributed by atoms with E-state index < -0.39 is 0 Å². The molecule has 0 radical (unpaired) electrons. The molecule has 17 heavy (non-hydrogen) atoms. The van der Waals surface area contributed by atoms with E-state index in [0.29, 0.717) is 18.9 Å². The van der Waals surface area contributed by atoms with Crippen molar-refractivity contribution in [1.82, 2.24) is 10.6 Å². The van der Waals surface area contributed by atoms with Crippen molar-refractivity contribution >= 4 is 11.8 Å². The molecule has 0 spiro atoms. The maximum Gasteiger partial charge on any atom is 0.223 e. The van der Waals surface area contributed by atoms with Gasteiger partial charge in [-0.25, -0.2) is 0 Å². The van der Waals surface area contributed by atoms with Gasteiger partial charge in [0.1, 0.15) is 0 Å². The second-order valence-electron chi connectivity index (χ2n) is 5.81. The zero-order valence-electron chi connectivity index (χ0n) is 10.7. The van der Waals surface area contributed by atoms with E-state index >= 15 is 0 Å². The maximum atomic E-state index is 11.9.